The largest absolute Gasteiger partial charge is 0.467 e. The Morgan fingerprint density at radius 1 is 1.30 bits per heavy atom. The van der Waals surface area contributed by atoms with Gasteiger partial charge in [-0.05, 0) is 36.8 Å². The van der Waals surface area contributed by atoms with Gasteiger partial charge >= 0.3 is 5.97 Å². The standard InChI is InChI=1S/C23H26N2O5/c1-22-10-9-14(12-16(22)20(27)25-11-5-7-17(25)21(28)29-2)23(13-22)24-19(26)15-6-3-4-8-18(15)30-23/h3-8,14,16-17H,9-13H2,1-2H3,(H,24,26)/t14-,16-,17+,22+,23-/m1/s1. The second kappa shape index (κ2) is 6.59. The first kappa shape index (κ1) is 19.2. The van der Waals surface area contributed by atoms with E-state index in [1.807, 2.05) is 24.3 Å². The third kappa shape index (κ3) is 2.67. The zero-order valence-electron chi connectivity index (χ0n) is 17.2. The molecular formula is C23H26N2O5. The Hall–Kier alpha value is -2.83. The molecule has 1 aromatic carbocycles. The maximum atomic E-state index is 13.5. The minimum absolute atomic E-state index is 0.0139. The molecule has 2 bridgehead atoms. The molecule has 7 nitrogen and oxygen atoms in total. The number of para-hydroxylation sites is 1. The average molecular weight is 410 g/mol. The predicted molar refractivity (Wildman–Crippen MR) is 107 cm³/mol. The zero-order valence-corrected chi connectivity index (χ0v) is 17.2. The van der Waals surface area contributed by atoms with Crippen LogP contribution in [-0.4, -0.2) is 48.1 Å². The second-order valence-corrected chi connectivity index (χ2v) is 9.18. The van der Waals surface area contributed by atoms with Crippen LogP contribution in [0.3, 0.4) is 0 Å². The number of esters is 1. The molecule has 0 radical (unpaired) electrons. The average Bonchev–Trinajstić information content (AvgIpc) is 3.22. The Balaban J connectivity index is 1.41. The van der Waals surface area contributed by atoms with Crippen LogP contribution in [-0.2, 0) is 14.3 Å². The molecule has 0 aromatic heterocycles. The van der Waals surface area contributed by atoms with Crippen LogP contribution < -0.4 is 10.1 Å². The smallest absolute Gasteiger partial charge is 0.332 e. The third-order valence-corrected chi connectivity index (χ3v) is 7.48. The number of rotatable bonds is 2. The number of methoxy groups -OCH3 is 1. The lowest BCUT2D eigenvalue weighted by atomic mass is 9.52. The highest BCUT2D eigenvalue weighted by Crippen LogP contribution is 2.59. The van der Waals surface area contributed by atoms with Gasteiger partial charge in [-0.25, -0.2) is 4.79 Å². The molecule has 3 fully saturated rings. The van der Waals surface area contributed by atoms with Crippen LogP contribution in [0.15, 0.2) is 36.4 Å². The van der Waals surface area contributed by atoms with Crippen LogP contribution in [0.1, 0.15) is 43.0 Å². The molecule has 2 aliphatic heterocycles. The first-order valence-corrected chi connectivity index (χ1v) is 10.5. The summed E-state index contributed by atoms with van der Waals surface area (Å²) in [6.45, 7) is 2.53. The van der Waals surface area contributed by atoms with Gasteiger partial charge in [0.25, 0.3) is 5.91 Å². The van der Waals surface area contributed by atoms with E-state index < -0.39 is 17.7 Å². The highest BCUT2D eigenvalue weighted by atomic mass is 16.5. The summed E-state index contributed by atoms with van der Waals surface area (Å²) < 4.78 is 11.3. The monoisotopic (exact) mass is 410 g/mol. The van der Waals surface area contributed by atoms with Crippen molar-refractivity contribution in [3.8, 4) is 5.75 Å². The quantitative estimate of drug-likeness (QED) is 0.597. The van der Waals surface area contributed by atoms with Crippen LogP contribution in [0.25, 0.3) is 0 Å². The molecule has 1 spiro atoms. The fourth-order valence-electron chi connectivity index (χ4n) is 5.91. The number of benzene rings is 1. The van der Waals surface area contributed by atoms with Crippen LogP contribution in [0, 0.1) is 17.3 Å². The molecule has 0 unspecified atom stereocenters. The molecule has 3 saturated carbocycles. The fourth-order valence-corrected chi connectivity index (χ4v) is 5.91. The van der Waals surface area contributed by atoms with Crippen LogP contribution in [0.2, 0.25) is 0 Å². The van der Waals surface area contributed by atoms with Crippen molar-refractivity contribution in [1.82, 2.24) is 10.2 Å². The predicted octanol–water partition coefficient (Wildman–Crippen LogP) is 2.27. The Bertz CT molecular complexity index is 959. The van der Waals surface area contributed by atoms with Gasteiger partial charge in [0, 0.05) is 24.8 Å². The van der Waals surface area contributed by atoms with E-state index in [1.165, 1.54) is 7.11 Å². The first-order chi connectivity index (χ1) is 14.4. The number of amides is 2. The molecule has 3 aliphatic carbocycles. The van der Waals surface area contributed by atoms with E-state index in [0.29, 0.717) is 30.7 Å². The van der Waals surface area contributed by atoms with Gasteiger partial charge in [-0.3, -0.25) is 9.59 Å². The van der Waals surface area contributed by atoms with E-state index in [-0.39, 0.29) is 29.1 Å². The van der Waals surface area contributed by atoms with Crippen molar-refractivity contribution in [2.45, 2.75) is 44.4 Å². The van der Waals surface area contributed by atoms with E-state index >= 15 is 0 Å². The maximum absolute atomic E-state index is 13.5. The lowest BCUT2D eigenvalue weighted by Gasteiger charge is -2.60. The number of carbonyl (C=O) groups is 3. The van der Waals surface area contributed by atoms with Crippen molar-refractivity contribution < 1.29 is 23.9 Å². The molecule has 30 heavy (non-hydrogen) atoms. The lowest BCUT2D eigenvalue weighted by molar-refractivity contribution is -0.176. The normalized spacial score (nSPS) is 36.3. The van der Waals surface area contributed by atoms with Gasteiger partial charge in [-0.2, -0.15) is 0 Å². The summed E-state index contributed by atoms with van der Waals surface area (Å²) in [7, 11) is 1.34. The topological polar surface area (TPSA) is 84.9 Å². The molecular weight excluding hydrogens is 384 g/mol. The molecule has 1 N–H and O–H groups in total. The molecule has 2 amide bonds. The minimum atomic E-state index is -0.778. The van der Waals surface area contributed by atoms with Crippen molar-refractivity contribution in [3.63, 3.8) is 0 Å². The summed E-state index contributed by atoms with van der Waals surface area (Å²) in [4.78, 5) is 40.0. The van der Waals surface area contributed by atoms with E-state index in [0.717, 1.165) is 12.8 Å². The molecule has 2 heterocycles. The first-order valence-electron chi connectivity index (χ1n) is 10.5. The van der Waals surface area contributed by atoms with Gasteiger partial charge in [0.15, 0.2) is 5.72 Å². The number of hydrogen-bond acceptors (Lipinski definition) is 5. The van der Waals surface area contributed by atoms with Crippen LogP contribution >= 0.6 is 0 Å². The van der Waals surface area contributed by atoms with Crippen molar-refractivity contribution in [2.75, 3.05) is 13.7 Å². The van der Waals surface area contributed by atoms with Gasteiger partial charge in [-0.1, -0.05) is 31.2 Å². The molecule has 5 atom stereocenters. The fraction of sp³-hybridized carbons (Fsp3) is 0.522. The number of nitrogens with one attached hydrogen (secondary N) is 1. The van der Waals surface area contributed by atoms with Crippen molar-refractivity contribution in [1.29, 1.82) is 0 Å². The van der Waals surface area contributed by atoms with E-state index in [1.54, 1.807) is 17.0 Å². The highest BCUT2D eigenvalue weighted by molar-refractivity contribution is 5.98. The summed E-state index contributed by atoms with van der Waals surface area (Å²) in [5.41, 5.74) is -0.555. The Morgan fingerprint density at radius 2 is 2.10 bits per heavy atom. The number of carbonyl (C=O) groups excluding carboxylic acids is 3. The number of hydrogen-bond donors (Lipinski definition) is 1. The van der Waals surface area contributed by atoms with Gasteiger partial charge in [-0.15, -0.1) is 0 Å². The summed E-state index contributed by atoms with van der Waals surface area (Å²) in [5, 5.41) is 3.14. The Labute approximate surface area is 175 Å². The van der Waals surface area contributed by atoms with E-state index in [9.17, 15) is 14.4 Å². The van der Waals surface area contributed by atoms with Gasteiger partial charge in [0.05, 0.1) is 12.7 Å². The minimum Gasteiger partial charge on any atom is -0.467 e. The van der Waals surface area contributed by atoms with Gasteiger partial charge < -0.3 is 19.7 Å². The SMILES string of the molecule is COC(=O)[C@@H]1C=CCN1C(=O)[C@H]1C[C@H]2CC[C@@]1(C)C[C@]21NC(=O)c2ccccc2O1. The van der Waals surface area contributed by atoms with Gasteiger partial charge in [0.2, 0.25) is 5.91 Å². The van der Waals surface area contributed by atoms with Crippen LogP contribution in [0.5, 0.6) is 5.75 Å². The molecule has 0 saturated heterocycles. The highest BCUT2D eigenvalue weighted by Gasteiger charge is 2.62. The molecule has 158 valence electrons. The maximum Gasteiger partial charge on any atom is 0.332 e. The summed E-state index contributed by atoms with van der Waals surface area (Å²) in [5.74, 6) is -0.122. The summed E-state index contributed by atoms with van der Waals surface area (Å²) in [6, 6.07) is 6.64. The molecule has 5 aliphatic rings. The number of fused-ring (bicyclic) bond motifs is 3. The van der Waals surface area contributed by atoms with Crippen molar-refractivity contribution in [2.24, 2.45) is 17.3 Å². The zero-order chi connectivity index (χ0) is 21.1. The second-order valence-electron chi connectivity index (χ2n) is 9.18. The molecule has 6 rings (SSSR count). The molecule has 1 aromatic rings. The summed E-state index contributed by atoms with van der Waals surface area (Å²) in [6.07, 6.45) is 6.55. The number of ether oxygens (including phenoxy) is 2. The molecule has 7 heteroatoms. The van der Waals surface area contributed by atoms with E-state index in [2.05, 4.69) is 12.2 Å². The Kier molecular flexibility index (Phi) is 4.21. The number of nitrogens with zero attached hydrogens (tertiary/aromatic N) is 1. The van der Waals surface area contributed by atoms with Crippen LogP contribution in [0.4, 0.5) is 0 Å². The third-order valence-electron chi connectivity index (χ3n) is 7.48. The van der Waals surface area contributed by atoms with Crippen molar-refractivity contribution in [3.05, 3.63) is 42.0 Å². The van der Waals surface area contributed by atoms with Gasteiger partial charge in [0.1, 0.15) is 11.8 Å². The lowest BCUT2D eigenvalue weighted by Crippen LogP contribution is -2.69. The Morgan fingerprint density at radius 3 is 2.87 bits per heavy atom. The van der Waals surface area contributed by atoms with E-state index in [4.69, 9.17) is 9.47 Å². The van der Waals surface area contributed by atoms with Crippen molar-refractivity contribution >= 4 is 17.8 Å². The summed E-state index contributed by atoms with van der Waals surface area (Å²) >= 11 is 0.